The first-order chi connectivity index (χ1) is 21.4. The fourth-order valence-electron chi connectivity index (χ4n) is 5.64. The lowest BCUT2D eigenvalue weighted by atomic mass is 10.0. The largest absolute Gasteiger partial charge is 0.491 e. The number of rotatable bonds is 7. The summed E-state index contributed by atoms with van der Waals surface area (Å²) >= 11 is 0. The molecule has 4 N–H and O–H groups in total. The topological polar surface area (TPSA) is 140 Å². The van der Waals surface area contributed by atoms with Crippen LogP contribution in [0.25, 0.3) is 0 Å². The second kappa shape index (κ2) is 16.8. The highest BCUT2D eigenvalue weighted by Crippen LogP contribution is 2.21. The van der Waals surface area contributed by atoms with Crippen LogP contribution in [0.4, 0.5) is 0 Å². The van der Waals surface area contributed by atoms with Gasteiger partial charge in [-0.3, -0.25) is 19.2 Å². The number of carbonyl (C=O) groups excluding carboxylic acids is 4. The molecule has 0 unspecified atom stereocenters. The maximum absolute atomic E-state index is 13.5. The number of hydrogen-bond acceptors (Lipinski definition) is 7. The zero-order chi connectivity index (χ0) is 31.3. The number of aliphatic hydroxyl groups is 1. The van der Waals surface area contributed by atoms with E-state index in [0.717, 1.165) is 31.5 Å². The molecule has 238 valence electrons. The summed E-state index contributed by atoms with van der Waals surface area (Å²) in [7, 11) is 1.61. The van der Waals surface area contributed by atoms with Crippen molar-refractivity contribution >= 4 is 23.6 Å². The molecule has 4 rings (SSSR count). The normalized spacial score (nSPS) is 22.7. The molecule has 11 nitrogen and oxygen atoms in total. The molecule has 44 heavy (non-hydrogen) atoms. The molecular weight excluding hydrogens is 562 g/mol. The fraction of sp³-hybridized carbons (Fsp3) is 0.515. The van der Waals surface area contributed by atoms with E-state index in [1.807, 2.05) is 30.3 Å². The van der Waals surface area contributed by atoms with Gasteiger partial charge in [0, 0.05) is 26.6 Å². The Morgan fingerprint density at radius 1 is 0.977 bits per heavy atom. The fourth-order valence-corrected chi connectivity index (χ4v) is 5.64. The molecule has 2 aliphatic rings. The van der Waals surface area contributed by atoms with E-state index in [1.165, 1.54) is 17.7 Å². The minimum absolute atomic E-state index is 0.00888. The molecule has 11 heteroatoms. The van der Waals surface area contributed by atoms with Gasteiger partial charge in [-0.1, -0.05) is 55.3 Å². The van der Waals surface area contributed by atoms with Gasteiger partial charge in [-0.25, -0.2) is 0 Å². The van der Waals surface area contributed by atoms with E-state index >= 15 is 0 Å². The summed E-state index contributed by atoms with van der Waals surface area (Å²) in [6.45, 7) is 2.59. The highest BCUT2D eigenvalue weighted by Gasteiger charge is 2.31. The van der Waals surface area contributed by atoms with Crippen LogP contribution in [0, 0.1) is 0 Å². The second-order valence-corrected chi connectivity index (χ2v) is 11.5. The van der Waals surface area contributed by atoms with Crippen LogP contribution in [0.5, 0.6) is 5.75 Å². The van der Waals surface area contributed by atoms with Crippen molar-refractivity contribution in [3.05, 3.63) is 65.7 Å². The molecule has 0 radical (unpaired) electrons. The average Bonchev–Trinajstić information content (AvgIpc) is 3.32. The number of nitrogens with zero attached hydrogens (tertiary/aromatic N) is 2. The maximum Gasteiger partial charge on any atom is 0.255 e. The number of likely N-dealkylation sites (tertiary alicyclic amines) is 1. The molecule has 2 aromatic carbocycles. The van der Waals surface area contributed by atoms with Gasteiger partial charge in [0.1, 0.15) is 24.4 Å². The average molecular weight is 608 g/mol. The van der Waals surface area contributed by atoms with Gasteiger partial charge in [0.25, 0.3) is 5.91 Å². The lowest BCUT2D eigenvalue weighted by molar-refractivity contribution is -0.138. The Hall–Kier alpha value is -3.96. The number of ether oxygens (including phenoxy) is 1. The number of para-hydroxylation sites is 1. The van der Waals surface area contributed by atoms with Crippen molar-refractivity contribution in [3.8, 4) is 5.75 Å². The van der Waals surface area contributed by atoms with E-state index in [9.17, 15) is 24.3 Å². The summed E-state index contributed by atoms with van der Waals surface area (Å²) in [5.74, 6) is -1.55. The van der Waals surface area contributed by atoms with Crippen LogP contribution in [0.15, 0.2) is 54.6 Å². The Morgan fingerprint density at radius 3 is 2.41 bits per heavy atom. The molecule has 0 spiro atoms. The minimum Gasteiger partial charge on any atom is -0.491 e. The SMILES string of the molecule is CN1C(=O)[C@H](CO)NC(=O)CC[C@@H](C(=O)NCCN2CCCCCC2)NC(=O)c2ccccc2OC[C@H]1Cc1ccccc1. The molecule has 4 amide bonds. The zero-order valence-electron chi connectivity index (χ0n) is 25.5. The van der Waals surface area contributed by atoms with E-state index in [4.69, 9.17) is 4.74 Å². The van der Waals surface area contributed by atoms with E-state index < -0.39 is 42.5 Å². The zero-order valence-corrected chi connectivity index (χ0v) is 25.5. The molecule has 0 bridgehead atoms. The number of nitrogens with one attached hydrogen (secondary N) is 3. The number of aliphatic hydroxyl groups excluding tert-OH is 1. The first kappa shape index (κ1) is 32.9. The van der Waals surface area contributed by atoms with Crippen molar-refractivity contribution in [3.63, 3.8) is 0 Å². The van der Waals surface area contributed by atoms with Crippen molar-refractivity contribution in [2.75, 3.05) is 46.4 Å². The molecule has 0 aliphatic carbocycles. The smallest absolute Gasteiger partial charge is 0.255 e. The summed E-state index contributed by atoms with van der Waals surface area (Å²) in [5, 5.41) is 18.4. The van der Waals surface area contributed by atoms with Crippen LogP contribution >= 0.6 is 0 Å². The van der Waals surface area contributed by atoms with Gasteiger partial charge in [-0.2, -0.15) is 0 Å². The Morgan fingerprint density at radius 2 is 1.68 bits per heavy atom. The van der Waals surface area contributed by atoms with Gasteiger partial charge >= 0.3 is 0 Å². The van der Waals surface area contributed by atoms with E-state index in [1.54, 1.807) is 31.3 Å². The van der Waals surface area contributed by atoms with Gasteiger partial charge in [-0.15, -0.1) is 0 Å². The first-order valence-corrected chi connectivity index (χ1v) is 15.6. The molecule has 1 fully saturated rings. The number of carbonyl (C=O) groups is 4. The third kappa shape index (κ3) is 9.52. The quantitative estimate of drug-likeness (QED) is 0.374. The minimum atomic E-state index is -1.17. The standard InChI is InChI=1S/C33H45N5O6/c1-37-25(21-24-11-5-4-6-12-24)23-44-29-14-8-7-13-26(29)31(41)36-27(15-16-30(40)35-28(22-39)33(37)43)32(42)34-17-20-38-18-9-2-3-10-19-38/h4-8,11-14,25,27-28,39H,2-3,9-10,15-23H2,1H3,(H,34,42)(H,35,40)(H,36,41)/t25-,27+,28+/m1/s1. The van der Waals surface area contributed by atoms with Crippen LogP contribution in [-0.2, 0) is 20.8 Å². The van der Waals surface area contributed by atoms with Gasteiger partial charge in [-0.05, 0) is 56.5 Å². The van der Waals surface area contributed by atoms with Gasteiger partial charge in [0.15, 0.2) is 0 Å². The van der Waals surface area contributed by atoms with Crippen molar-refractivity contribution in [2.45, 2.75) is 63.1 Å². The second-order valence-electron chi connectivity index (χ2n) is 11.5. The molecule has 0 saturated carbocycles. The van der Waals surface area contributed by atoms with E-state index in [-0.39, 0.29) is 30.9 Å². The van der Waals surface area contributed by atoms with Crippen LogP contribution in [0.2, 0.25) is 0 Å². The first-order valence-electron chi connectivity index (χ1n) is 15.6. The van der Waals surface area contributed by atoms with Crippen LogP contribution in [0.3, 0.4) is 0 Å². The van der Waals surface area contributed by atoms with Crippen LogP contribution in [0.1, 0.15) is 54.4 Å². The van der Waals surface area contributed by atoms with Crippen molar-refractivity contribution in [1.29, 1.82) is 0 Å². The molecule has 2 heterocycles. The van der Waals surface area contributed by atoms with Crippen LogP contribution in [-0.4, -0.2) is 103 Å². The summed E-state index contributed by atoms with van der Waals surface area (Å²) in [5.41, 5.74) is 1.22. The Kier molecular flexibility index (Phi) is 12.6. The van der Waals surface area contributed by atoms with Crippen LogP contribution < -0.4 is 20.7 Å². The molecule has 0 aromatic heterocycles. The number of benzene rings is 2. The van der Waals surface area contributed by atoms with Crippen molar-refractivity contribution in [1.82, 2.24) is 25.8 Å². The summed E-state index contributed by atoms with van der Waals surface area (Å²) in [6.07, 6.45) is 5.04. The highest BCUT2D eigenvalue weighted by atomic mass is 16.5. The molecule has 1 saturated heterocycles. The lowest BCUT2D eigenvalue weighted by Gasteiger charge is -2.31. The summed E-state index contributed by atoms with van der Waals surface area (Å²) < 4.78 is 6.16. The Labute approximate surface area is 259 Å². The van der Waals surface area contributed by atoms with Crippen molar-refractivity contribution in [2.24, 2.45) is 0 Å². The number of likely N-dealkylation sites (N-methyl/N-ethyl adjacent to an activating group) is 1. The van der Waals surface area contributed by atoms with E-state index in [2.05, 4.69) is 20.9 Å². The third-order valence-corrected chi connectivity index (χ3v) is 8.30. The third-order valence-electron chi connectivity index (χ3n) is 8.30. The Bertz CT molecular complexity index is 1250. The summed E-state index contributed by atoms with van der Waals surface area (Å²) in [4.78, 5) is 57.0. The molecule has 2 aromatic rings. The van der Waals surface area contributed by atoms with E-state index in [0.29, 0.717) is 25.3 Å². The maximum atomic E-state index is 13.5. The monoisotopic (exact) mass is 607 g/mol. The molecule has 2 aliphatic heterocycles. The van der Waals surface area contributed by atoms with Gasteiger partial charge < -0.3 is 35.6 Å². The number of hydrogen-bond donors (Lipinski definition) is 4. The number of amides is 4. The lowest BCUT2D eigenvalue weighted by Crippen LogP contribution is -2.54. The highest BCUT2D eigenvalue weighted by molar-refractivity contribution is 5.99. The summed E-state index contributed by atoms with van der Waals surface area (Å²) in [6, 6.07) is 13.7. The van der Waals surface area contributed by atoms with Gasteiger partial charge in [0.05, 0.1) is 18.2 Å². The Balaban J connectivity index is 1.54. The molecular formula is C33H45N5O6. The molecule has 3 atom stereocenters. The van der Waals surface area contributed by atoms with Gasteiger partial charge in [0.2, 0.25) is 17.7 Å². The predicted octanol–water partition coefficient (Wildman–Crippen LogP) is 1.50. The van der Waals surface area contributed by atoms with Crippen molar-refractivity contribution < 1.29 is 29.0 Å². The predicted molar refractivity (Wildman–Crippen MR) is 166 cm³/mol. The number of fused-ring (bicyclic) bond motifs is 1.